The molecule has 9 heteroatoms. The minimum atomic E-state index is -0.276. The molecule has 0 atom stereocenters. The predicted octanol–water partition coefficient (Wildman–Crippen LogP) is 3.55. The molecule has 1 aromatic carbocycles. The second kappa shape index (κ2) is 8.62. The summed E-state index contributed by atoms with van der Waals surface area (Å²) in [6.45, 7) is 6.45. The molecule has 1 amide bonds. The van der Waals surface area contributed by atoms with Crippen molar-refractivity contribution in [2.24, 2.45) is 0 Å². The topological polar surface area (TPSA) is 108 Å². The first-order chi connectivity index (χ1) is 15.3. The number of pyridine rings is 1. The molecule has 0 bridgehead atoms. The van der Waals surface area contributed by atoms with Crippen LogP contribution in [0.2, 0.25) is 0 Å². The maximum atomic E-state index is 12.5. The average molecular weight is 432 g/mol. The zero-order chi connectivity index (χ0) is 22.7. The third-order valence-electron chi connectivity index (χ3n) is 4.78. The van der Waals surface area contributed by atoms with Crippen molar-refractivity contribution in [2.45, 2.75) is 32.7 Å². The summed E-state index contributed by atoms with van der Waals surface area (Å²) in [5.74, 6) is 2.12. The van der Waals surface area contributed by atoms with E-state index in [0.717, 1.165) is 16.9 Å². The number of hydrogen-bond donors (Lipinski definition) is 1. The van der Waals surface area contributed by atoms with Crippen LogP contribution in [0.15, 0.2) is 59.6 Å². The fraction of sp³-hybridized carbons (Fsp3) is 0.261. The van der Waals surface area contributed by atoms with E-state index in [1.54, 1.807) is 42.5 Å². The monoisotopic (exact) mass is 432 g/mol. The van der Waals surface area contributed by atoms with E-state index in [1.807, 2.05) is 45.0 Å². The second-order valence-electron chi connectivity index (χ2n) is 8.27. The van der Waals surface area contributed by atoms with Gasteiger partial charge in [0.25, 0.3) is 11.8 Å². The van der Waals surface area contributed by atoms with Gasteiger partial charge >= 0.3 is 0 Å². The average Bonchev–Trinajstić information content (AvgIpc) is 3.48. The molecule has 0 saturated heterocycles. The summed E-state index contributed by atoms with van der Waals surface area (Å²) in [6, 6.07) is 11.1. The maximum Gasteiger partial charge on any atom is 0.271 e. The van der Waals surface area contributed by atoms with Gasteiger partial charge in [0, 0.05) is 29.9 Å². The lowest BCUT2D eigenvalue weighted by Gasteiger charge is -2.10. The standard InChI is InChI=1S/C23H24N6O3/c1-23(2,3)22-27-21(32-28-22)16-9-10-24-19(11-16)29-13-18(26-14-29)20(30)25-12-15-5-7-17(31-4)8-6-15/h5-11,13-14H,12H2,1-4H3,(H,25,30). The van der Waals surface area contributed by atoms with Crippen LogP contribution in [-0.2, 0) is 12.0 Å². The van der Waals surface area contributed by atoms with Gasteiger partial charge in [-0.05, 0) is 29.8 Å². The Morgan fingerprint density at radius 1 is 1.16 bits per heavy atom. The number of aromatic nitrogens is 5. The van der Waals surface area contributed by atoms with Crippen molar-refractivity contribution in [1.29, 1.82) is 0 Å². The third kappa shape index (κ3) is 4.66. The normalized spacial score (nSPS) is 11.4. The molecule has 164 valence electrons. The molecule has 9 nitrogen and oxygen atoms in total. The summed E-state index contributed by atoms with van der Waals surface area (Å²) in [5.41, 5.74) is 1.77. The number of imidazole rings is 1. The van der Waals surface area contributed by atoms with Crippen LogP contribution in [0, 0.1) is 0 Å². The number of carbonyl (C=O) groups excluding carboxylic acids is 1. The van der Waals surface area contributed by atoms with Crippen LogP contribution in [-0.4, -0.2) is 37.7 Å². The van der Waals surface area contributed by atoms with Crippen LogP contribution >= 0.6 is 0 Å². The van der Waals surface area contributed by atoms with Crippen molar-refractivity contribution in [3.63, 3.8) is 0 Å². The van der Waals surface area contributed by atoms with Gasteiger partial charge in [-0.2, -0.15) is 4.98 Å². The largest absolute Gasteiger partial charge is 0.497 e. The van der Waals surface area contributed by atoms with E-state index in [9.17, 15) is 4.79 Å². The zero-order valence-electron chi connectivity index (χ0n) is 18.4. The Kier molecular flexibility index (Phi) is 5.72. The Balaban J connectivity index is 1.46. The molecule has 0 fully saturated rings. The molecule has 0 saturated carbocycles. The van der Waals surface area contributed by atoms with Gasteiger partial charge in [-0.25, -0.2) is 9.97 Å². The first-order valence-corrected chi connectivity index (χ1v) is 10.1. The number of carbonyl (C=O) groups is 1. The van der Waals surface area contributed by atoms with Gasteiger partial charge in [-0.3, -0.25) is 9.36 Å². The molecule has 3 aromatic heterocycles. The molecule has 4 rings (SSSR count). The van der Waals surface area contributed by atoms with Crippen LogP contribution in [0.5, 0.6) is 5.75 Å². The lowest BCUT2D eigenvalue weighted by Crippen LogP contribution is -2.23. The number of nitrogens with zero attached hydrogens (tertiary/aromatic N) is 5. The predicted molar refractivity (Wildman–Crippen MR) is 118 cm³/mol. The highest BCUT2D eigenvalue weighted by Gasteiger charge is 2.21. The molecule has 0 spiro atoms. The van der Waals surface area contributed by atoms with E-state index in [1.165, 1.54) is 0 Å². The molecule has 32 heavy (non-hydrogen) atoms. The van der Waals surface area contributed by atoms with Gasteiger partial charge in [-0.1, -0.05) is 38.1 Å². The summed E-state index contributed by atoms with van der Waals surface area (Å²) in [4.78, 5) is 25.6. The van der Waals surface area contributed by atoms with Crippen LogP contribution in [0.25, 0.3) is 17.3 Å². The molecule has 0 radical (unpaired) electrons. The Bertz CT molecular complexity index is 1220. The number of nitrogens with one attached hydrogen (secondary N) is 1. The molecule has 3 heterocycles. The van der Waals surface area contributed by atoms with E-state index in [2.05, 4.69) is 25.4 Å². The van der Waals surface area contributed by atoms with Crippen molar-refractivity contribution in [3.05, 3.63) is 72.2 Å². The molecule has 1 N–H and O–H groups in total. The third-order valence-corrected chi connectivity index (χ3v) is 4.78. The summed E-state index contributed by atoms with van der Waals surface area (Å²) >= 11 is 0. The lowest BCUT2D eigenvalue weighted by atomic mass is 9.96. The molecular formula is C23H24N6O3. The van der Waals surface area contributed by atoms with Gasteiger partial charge in [0.2, 0.25) is 0 Å². The highest BCUT2D eigenvalue weighted by atomic mass is 16.5. The summed E-state index contributed by atoms with van der Waals surface area (Å²) in [6.07, 6.45) is 4.82. The molecular weight excluding hydrogens is 408 g/mol. The Labute approximate surface area is 185 Å². The van der Waals surface area contributed by atoms with Crippen LogP contribution < -0.4 is 10.1 Å². The van der Waals surface area contributed by atoms with Crippen molar-refractivity contribution in [2.75, 3.05) is 7.11 Å². The van der Waals surface area contributed by atoms with Gasteiger partial charge in [-0.15, -0.1) is 0 Å². The number of ether oxygens (including phenoxy) is 1. The van der Waals surface area contributed by atoms with Gasteiger partial charge < -0.3 is 14.6 Å². The van der Waals surface area contributed by atoms with Crippen LogP contribution in [0.1, 0.15) is 42.6 Å². The van der Waals surface area contributed by atoms with E-state index >= 15 is 0 Å². The SMILES string of the molecule is COc1ccc(CNC(=O)c2cn(-c3cc(-c4nc(C(C)(C)C)no4)ccn3)cn2)cc1. The van der Waals surface area contributed by atoms with E-state index in [-0.39, 0.29) is 11.3 Å². The molecule has 0 aliphatic carbocycles. The smallest absolute Gasteiger partial charge is 0.271 e. The number of benzene rings is 1. The zero-order valence-corrected chi connectivity index (χ0v) is 18.4. The quantitative estimate of drug-likeness (QED) is 0.496. The van der Waals surface area contributed by atoms with E-state index in [0.29, 0.717) is 29.8 Å². The highest BCUT2D eigenvalue weighted by Crippen LogP contribution is 2.24. The Hall–Kier alpha value is -4.01. The van der Waals surface area contributed by atoms with Crippen molar-refractivity contribution < 1.29 is 14.1 Å². The minimum absolute atomic E-state index is 0.212. The summed E-state index contributed by atoms with van der Waals surface area (Å²) in [5, 5.41) is 6.93. The maximum absolute atomic E-state index is 12.5. The van der Waals surface area contributed by atoms with Crippen LogP contribution in [0.3, 0.4) is 0 Å². The fourth-order valence-electron chi connectivity index (χ4n) is 2.92. The fourth-order valence-corrected chi connectivity index (χ4v) is 2.92. The number of methoxy groups -OCH3 is 1. The number of amides is 1. The second-order valence-corrected chi connectivity index (χ2v) is 8.27. The van der Waals surface area contributed by atoms with Crippen molar-refractivity contribution in [3.8, 4) is 23.0 Å². The highest BCUT2D eigenvalue weighted by molar-refractivity contribution is 5.92. The first kappa shape index (κ1) is 21.2. The minimum Gasteiger partial charge on any atom is -0.497 e. The van der Waals surface area contributed by atoms with Gasteiger partial charge in [0.05, 0.1) is 7.11 Å². The molecule has 0 aliphatic heterocycles. The molecule has 4 aromatic rings. The van der Waals surface area contributed by atoms with E-state index in [4.69, 9.17) is 9.26 Å². The van der Waals surface area contributed by atoms with Crippen molar-refractivity contribution in [1.82, 2.24) is 30.0 Å². The van der Waals surface area contributed by atoms with Crippen LogP contribution in [0.4, 0.5) is 0 Å². The lowest BCUT2D eigenvalue weighted by molar-refractivity contribution is 0.0946. The van der Waals surface area contributed by atoms with Gasteiger partial charge in [0.15, 0.2) is 5.82 Å². The van der Waals surface area contributed by atoms with Gasteiger partial charge in [0.1, 0.15) is 23.6 Å². The number of rotatable bonds is 6. The Morgan fingerprint density at radius 2 is 1.94 bits per heavy atom. The summed E-state index contributed by atoms with van der Waals surface area (Å²) in [7, 11) is 1.61. The molecule has 0 unspecified atom stereocenters. The summed E-state index contributed by atoms with van der Waals surface area (Å²) < 4.78 is 12.2. The Morgan fingerprint density at radius 3 is 2.62 bits per heavy atom. The number of hydrogen-bond acceptors (Lipinski definition) is 7. The first-order valence-electron chi connectivity index (χ1n) is 10.1. The molecule has 0 aliphatic rings. The van der Waals surface area contributed by atoms with Crippen molar-refractivity contribution >= 4 is 5.91 Å². The van der Waals surface area contributed by atoms with E-state index < -0.39 is 0 Å².